The molecule has 122 valence electrons. The van der Waals surface area contributed by atoms with Crippen molar-refractivity contribution in [1.29, 1.82) is 0 Å². The molecular weight excluding hydrogens is 312 g/mol. The Morgan fingerprint density at radius 3 is 2.75 bits per heavy atom. The van der Waals surface area contributed by atoms with Gasteiger partial charge in [0.2, 0.25) is 12.7 Å². The zero-order valence-corrected chi connectivity index (χ0v) is 12.6. The first kappa shape index (κ1) is 14.4. The second-order valence-corrected chi connectivity index (χ2v) is 5.38. The summed E-state index contributed by atoms with van der Waals surface area (Å²) >= 11 is 0. The number of carbonyl (C=O) groups excluding carboxylic acids is 2. The van der Waals surface area contributed by atoms with E-state index in [-0.39, 0.29) is 25.0 Å². The summed E-state index contributed by atoms with van der Waals surface area (Å²) in [7, 11) is 0. The van der Waals surface area contributed by atoms with Crippen LogP contribution in [0.15, 0.2) is 36.4 Å². The number of benzene rings is 2. The topological polar surface area (TPSA) is 85.9 Å². The summed E-state index contributed by atoms with van der Waals surface area (Å²) in [5, 5.41) is 5.53. The highest BCUT2D eigenvalue weighted by molar-refractivity contribution is 6.06. The number of carbonyl (C=O) groups is 2. The van der Waals surface area contributed by atoms with Gasteiger partial charge in [0, 0.05) is 17.3 Å². The minimum absolute atomic E-state index is 0.137. The van der Waals surface area contributed by atoms with Gasteiger partial charge in [0.15, 0.2) is 11.5 Å². The zero-order valence-electron chi connectivity index (χ0n) is 12.6. The van der Waals surface area contributed by atoms with Crippen molar-refractivity contribution in [3.05, 3.63) is 42.0 Å². The van der Waals surface area contributed by atoms with E-state index < -0.39 is 0 Å². The third-order valence-corrected chi connectivity index (χ3v) is 3.73. The number of anilines is 2. The quantitative estimate of drug-likeness (QED) is 0.885. The molecule has 0 aliphatic carbocycles. The third-order valence-electron chi connectivity index (χ3n) is 3.73. The molecule has 2 aromatic rings. The van der Waals surface area contributed by atoms with E-state index in [1.165, 1.54) is 0 Å². The van der Waals surface area contributed by atoms with Crippen molar-refractivity contribution in [3.8, 4) is 17.2 Å². The molecule has 7 heteroatoms. The van der Waals surface area contributed by atoms with Gasteiger partial charge in [0.1, 0.15) is 5.75 Å². The molecule has 2 amide bonds. The highest BCUT2D eigenvalue weighted by Crippen LogP contribution is 2.34. The van der Waals surface area contributed by atoms with Gasteiger partial charge in [-0.1, -0.05) is 0 Å². The number of fused-ring (bicyclic) bond motifs is 2. The molecule has 2 aliphatic rings. The summed E-state index contributed by atoms with van der Waals surface area (Å²) in [6, 6.07) is 10.1. The van der Waals surface area contributed by atoms with Gasteiger partial charge in [-0.3, -0.25) is 9.59 Å². The SMILES string of the molecule is O=C1CCOc2ccc(C(=O)Nc3ccc4c(c3)OCO4)cc2N1. The van der Waals surface area contributed by atoms with Crippen LogP contribution in [0.5, 0.6) is 17.2 Å². The first-order chi connectivity index (χ1) is 11.7. The van der Waals surface area contributed by atoms with E-state index >= 15 is 0 Å². The summed E-state index contributed by atoms with van der Waals surface area (Å²) in [6.45, 7) is 0.499. The molecule has 0 bridgehead atoms. The molecule has 0 saturated heterocycles. The third kappa shape index (κ3) is 2.71. The Kier molecular flexibility index (Phi) is 3.45. The predicted molar refractivity (Wildman–Crippen MR) is 85.7 cm³/mol. The summed E-state index contributed by atoms with van der Waals surface area (Å²) in [5.41, 5.74) is 1.51. The fraction of sp³-hybridized carbons (Fsp3) is 0.176. The van der Waals surface area contributed by atoms with E-state index in [2.05, 4.69) is 10.6 Å². The summed E-state index contributed by atoms with van der Waals surface area (Å²) < 4.78 is 16.0. The van der Waals surface area contributed by atoms with Crippen LogP contribution in [-0.2, 0) is 4.79 Å². The largest absolute Gasteiger partial charge is 0.491 e. The zero-order chi connectivity index (χ0) is 16.5. The lowest BCUT2D eigenvalue weighted by Gasteiger charge is -2.10. The van der Waals surface area contributed by atoms with Gasteiger partial charge < -0.3 is 24.8 Å². The Morgan fingerprint density at radius 2 is 1.83 bits per heavy atom. The predicted octanol–water partition coefficient (Wildman–Crippen LogP) is 2.39. The molecule has 0 saturated carbocycles. The second kappa shape index (κ2) is 5.77. The van der Waals surface area contributed by atoms with Gasteiger partial charge in [0.25, 0.3) is 5.91 Å². The van der Waals surface area contributed by atoms with E-state index in [4.69, 9.17) is 14.2 Å². The lowest BCUT2D eigenvalue weighted by Crippen LogP contribution is -2.13. The molecule has 0 unspecified atom stereocenters. The first-order valence-corrected chi connectivity index (χ1v) is 7.47. The smallest absolute Gasteiger partial charge is 0.255 e. The van der Waals surface area contributed by atoms with Gasteiger partial charge in [-0.25, -0.2) is 0 Å². The number of ether oxygens (including phenoxy) is 3. The molecule has 24 heavy (non-hydrogen) atoms. The van der Waals surface area contributed by atoms with E-state index in [0.29, 0.717) is 40.8 Å². The fourth-order valence-corrected chi connectivity index (χ4v) is 2.54. The Hall–Kier alpha value is -3.22. The minimum atomic E-state index is -0.296. The Morgan fingerprint density at radius 1 is 1.00 bits per heavy atom. The van der Waals surface area contributed by atoms with Crippen LogP contribution in [0.4, 0.5) is 11.4 Å². The molecule has 2 aliphatic heterocycles. The van der Waals surface area contributed by atoms with Crippen LogP contribution in [0.3, 0.4) is 0 Å². The Labute approximate surface area is 137 Å². The maximum Gasteiger partial charge on any atom is 0.255 e. The van der Waals surface area contributed by atoms with Crippen molar-refractivity contribution in [1.82, 2.24) is 0 Å². The molecule has 0 atom stereocenters. The summed E-state index contributed by atoms with van der Waals surface area (Å²) in [6.07, 6.45) is 0.285. The van der Waals surface area contributed by atoms with Gasteiger partial charge in [-0.2, -0.15) is 0 Å². The number of rotatable bonds is 2. The standard InChI is InChI=1S/C17H14N2O5/c20-16-5-6-22-13-3-1-10(7-12(13)19-16)17(21)18-11-2-4-14-15(8-11)24-9-23-14/h1-4,7-8H,5-6,9H2,(H,18,21)(H,19,20). The van der Waals surface area contributed by atoms with Crippen LogP contribution in [-0.4, -0.2) is 25.2 Å². The van der Waals surface area contributed by atoms with Crippen molar-refractivity contribution in [2.45, 2.75) is 6.42 Å². The highest BCUT2D eigenvalue weighted by atomic mass is 16.7. The monoisotopic (exact) mass is 326 g/mol. The van der Waals surface area contributed by atoms with Crippen molar-refractivity contribution in [2.75, 3.05) is 24.0 Å². The van der Waals surface area contributed by atoms with Crippen LogP contribution in [0.25, 0.3) is 0 Å². The van der Waals surface area contributed by atoms with Gasteiger partial charge >= 0.3 is 0 Å². The van der Waals surface area contributed by atoms with Crippen molar-refractivity contribution < 1.29 is 23.8 Å². The second-order valence-electron chi connectivity index (χ2n) is 5.38. The number of hydrogen-bond donors (Lipinski definition) is 2. The van der Waals surface area contributed by atoms with E-state index in [9.17, 15) is 9.59 Å². The molecule has 0 aromatic heterocycles. The van der Waals surface area contributed by atoms with E-state index in [1.807, 2.05) is 0 Å². The van der Waals surface area contributed by atoms with Crippen LogP contribution < -0.4 is 24.8 Å². The highest BCUT2D eigenvalue weighted by Gasteiger charge is 2.18. The van der Waals surface area contributed by atoms with Gasteiger partial charge in [-0.15, -0.1) is 0 Å². The maximum absolute atomic E-state index is 12.4. The Bertz CT molecular complexity index is 834. The molecular formula is C17H14N2O5. The maximum atomic E-state index is 12.4. The molecule has 0 fully saturated rings. The van der Waals surface area contributed by atoms with E-state index in [0.717, 1.165) is 0 Å². The molecule has 0 spiro atoms. The van der Waals surface area contributed by atoms with Crippen molar-refractivity contribution in [3.63, 3.8) is 0 Å². The van der Waals surface area contributed by atoms with Crippen molar-refractivity contribution >= 4 is 23.2 Å². The summed E-state index contributed by atoms with van der Waals surface area (Å²) in [4.78, 5) is 24.0. The van der Waals surface area contributed by atoms with E-state index in [1.54, 1.807) is 36.4 Å². The molecule has 4 rings (SSSR count). The lowest BCUT2D eigenvalue weighted by atomic mass is 10.1. The van der Waals surface area contributed by atoms with Gasteiger partial charge in [0.05, 0.1) is 18.7 Å². The van der Waals surface area contributed by atoms with Crippen molar-refractivity contribution in [2.24, 2.45) is 0 Å². The normalized spacial score (nSPS) is 14.9. The first-order valence-electron chi connectivity index (χ1n) is 7.47. The Balaban J connectivity index is 1.55. The molecule has 2 N–H and O–H groups in total. The average molecular weight is 326 g/mol. The molecule has 0 radical (unpaired) electrons. The van der Waals surface area contributed by atoms with Crippen LogP contribution in [0.2, 0.25) is 0 Å². The number of hydrogen-bond acceptors (Lipinski definition) is 5. The van der Waals surface area contributed by atoms with Gasteiger partial charge in [-0.05, 0) is 30.3 Å². The number of nitrogens with one attached hydrogen (secondary N) is 2. The molecule has 2 heterocycles. The molecule has 2 aromatic carbocycles. The average Bonchev–Trinajstić information content (AvgIpc) is 2.95. The molecule has 7 nitrogen and oxygen atoms in total. The lowest BCUT2D eigenvalue weighted by molar-refractivity contribution is -0.116. The van der Waals surface area contributed by atoms with Crippen LogP contribution in [0, 0.1) is 0 Å². The summed E-state index contributed by atoms with van der Waals surface area (Å²) in [5.74, 6) is 1.37. The van der Waals surface area contributed by atoms with Crippen LogP contribution >= 0.6 is 0 Å². The number of amides is 2. The van der Waals surface area contributed by atoms with Crippen LogP contribution in [0.1, 0.15) is 16.8 Å². The minimum Gasteiger partial charge on any atom is -0.491 e. The fourth-order valence-electron chi connectivity index (χ4n) is 2.54.